The van der Waals surface area contributed by atoms with Crippen molar-refractivity contribution in [1.82, 2.24) is 19.6 Å². The second-order valence-corrected chi connectivity index (χ2v) is 6.58. The van der Waals surface area contributed by atoms with Crippen LogP contribution in [0.25, 0.3) is 11.4 Å². The van der Waals surface area contributed by atoms with Gasteiger partial charge in [-0.2, -0.15) is 23.4 Å². The number of carbonyl (C=O) groups excluding carboxylic acids is 1. The highest BCUT2D eigenvalue weighted by Crippen LogP contribution is 2.31. The first-order valence-corrected chi connectivity index (χ1v) is 8.97. The molecule has 0 aliphatic carbocycles. The van der Waals surface area contributed by atoms with Crippen LogP contribution < -0.4 is 5.32 Å². The van der Waals surface area contributed by atoms with Gasteiger partial charge in [0.05, 0.1) is 22.6 Å². The number of benzene rings is 2. The molecule has 0 aliphatic heterocycles. The summed E-state index contributed by atoms with van der Waals surface area (Å²) in [6.07, 6.45) is -1.04. The zero-order valence-corrected chi connectivity index (χ0v) is 15.8. The highest BCUT2D eigenvalue weighted by atomic mass is 19.4. The van der Waals surface area contributed by atoms with E-state index in [9.17, 15) is 18.0 Å². The van der Waals surface area contributed by atoms with Gasteiger partial charge in [-0.15, -0.1) is 0 Å². The van der Waals surface area contributed by atoms with Crippen LogP contribution in [0.15, 0.2) is 73.1 Å². The molecule has 1 N–H and O–H groups in total. The van der Waals surface area contributed by atoms with Crippen LogP contribution in [0.5, 0.6) is 0 Å². The maximum Gasteiger partial charge on any atom is 0.416 e. The summed E-state index contributed by atoms with van der Waals surface area (Å²) < 4.78 is 42.1. The molecule has 0 aliphatic rings. The minimum absolute atomic E-state index is 0.197. The monoisotopic (exact) mass is 411 g/mol. The van der Waals surface area contributed by atoms with E-state index in [2.05, 4.69) is 15.5 Å². The van der Waals surface area contributed by atoms with Crippen molar-refractivity contribution in [3.8, 4) is 11.4 Å². The molecule has 4 rings (SSSR count). The molecular formula is C21H16F3N5O. The smallest absolute Gasteiger partial charge is 0.306 e. The summed E-state index contributed by atoms with van der Waals surface area (Å²) in [6.45, 7) is 1.69. The standard InChI is InChI=1S/C21H16F3N5O/c1-14-12-19(29(27-14)18-5-2-4-16(13-18)21(22,23)24)26-20(30)15-6-8-17(9-7-15)28-11-3-10-25-28/h2-13H,1H3,(H,26,30). The summed E-state index contributed by atoms with van der Waals surface area (Å²) in [4.78, 5) is 12.7. The molecule has 6 nitrogen and oxygen atoms in total. The van der Waals surface area contributed by atoms with Crippen LogP contribution in [0, 0.1) is 6.92 Å². The number of alkyl halides is 3. The van der Waals surface area contributed by atoms with Crippen LogP contribution in [0.3, 0.4) is 0 Å². The van der Waals surface area contributed by atoms with Gasteiger partial charge in [-0.05, 0) is 55.5 Å². The SMILES string of the molecule is Cc1cc(NC(=O)c2ccc(-n3cccn3)cc2)n(-c2cccc(C(F)(F)F)c2)n1. The fraction of sp³-hybridized carbons (Fsp3) is 0.0952. The molecule has 2 aromatic carbocycles. The number of halogens is 3. The number of anilines is 1. The van der Waals surface area contributed by atoms with E-state index in [0.29, 0.717) is 11.3 Å². The first-order valence-electron chi connectivity index (χ1n) is 8.97. The molecular weight excluding hydrogens is 395 g/mol. The lowest BCUT2D eigenvalue weighted by atomic mass is 10.2. The number of nitrogens with zero attached hydrogens (tertiary/aromatic N) is 4. The summed E-state index contributed by atoms with van der Waals surface area (Å²) >= 11 is 0. The van der Waals surface area contributed by atoms with Crippen LogP contribution in [-0.4, -0.2) is 25.5 Å². The van der Waals surface area contributed by atoms with Gasteiger partial charge in [0, 0.05) is 24.0 Å². The second-order valence-electron chi connectivity index (χ2n) is 6.58. The predicted molar refractivity (Wildman–Crippen MR) is 105 cm³/mol. The van der Waals surface area contributed by atoms with Gasteiger partial charge in [0.2, 0.25) is 0 Å². The lowest BCUT2D eigenvalue weighted by Gasteiger charge is -2.12. The van der Waals surface area contributed by atoms with Gasteiger partial charge < -0.3 is 5.32 Å². The van der Waals surface area contributed by atoms with E-state index in [0.717, 1.165) is 17.8 Å². The van der Waals surface area contributed by atoms with E-state index in [1.165, 1.54) is 16.8 Å². The molecule has 0 bridgehead atoms. The highest BCUT2D eigenvalue weighted by molar-refractivity contribution is 6.04. The maximum absolute atomic E-state index is 13.0. The van der Waals surface area contributed by atoms with Gasteiger partial charge in [0.25, 0.3) is 5.91 Å². The fourth-order valence-electron chi connectivity index (χ4n) is 2.97. The van der Waals surface area contributed by atoms with Gasteiger partial charge in [0.1, 0.15) is 5.82 Å². The Bertz CT molecular complexity index is 1180. The largest absolute Gasteiger partial charge is 0.416 e. The zero-order valence-electron chi connectivity index (χ0n) is 15.8. The number of nitrogens with one attached hydrogen (secondary N) is 1. The lowest BCUT2D eigenvalue weighted by Crippen LogP contribution is -2.15. The van der Waals surface area contributed by atoms with Crippen molar-refractivity contribution < 1.29 is 18.0 Å². The third kappa shape index (κ3) is 3.95. The molecule has 0 fully saturated rings. The molecule has 2 aromatic heterocycles. The molecule has 0 atom stereocenters. The van der Waals surface area contributed by atoms with Crippen molar-refractivity contribution in [2.75, 3.05) is 5.32 Å². The highest BCUT2D eigenvalue weighted by Gasteiger charge is 2.30. The number of amides is 1. The van der Waals surface area contributed by atoms with Gasteiger partial charge in [-0.3, -0.25) is 4.79 Å². The third-order valence-electron chi connectivity index (χ3n) is 4.39. The van der Waals surface area contributed by atoms with Crippen LogP contribution in [0.2, 0.25) is 0 Å². The predicted octanol–water partition coefficient (Wildman–Crippen LogP) is 4.64. The number of hydrogen-bond donors (Lipinski definition) is 1. The van der Waals surface area contributed by atoms with Crippen LogP contribution >= 0.6 is 0 Å². The molecule has 0 radical (unpaired) electrons. The number of aromatic nitrogens is 4. The Morgan fingerprint density at radius 3 is 2.43 bits per heavy atom. The van der Waals surface area contributed by atoms with Crippen molar-refractivity contribution in [1.29, 1.82) is 0 Å². The molecule has 30 heavy (non-hydrogen) atoms. The summed E-state index contributed by atoms with van der Waals surface area (Å²) in [5.74, 6) is -0.136. The maximum atomic E-state index is 13.0. The summed E-state index contributed by atoms with van der Waals surface area (Å²) in [5.41, 5.74) is 1.14. The first-order chi connectivity index (χ1) is 14.3. The molecule has 0 saturated carbocycles. The molecule has 0 unspecified atom stereocenters. The topological polar surface area (TPSA) is 64.7 Å². The van der Waals surface area contributed by atoms with Crippen molar-refractivity contribution >= 4 is 11.7 Å². The lowest BCUT2D eigenvalue weighted by molar-refractivity contribution is -0.137. The van der Waals surface area contributed by atoms with Crippen molar-refractivity contribution in [3.63, 3.8) is 0 Å². The molecule has 9 heteroatoms. The van der Waals surface area contributed by atoms with Gasteiger partial charge in [-0.1, -0.05) is 6.07 Å². The van der Waals surface area contributed by atoms with E-state index in [4.69, 9.17) is 0 Å². The Morgan fingerprint density at radius 1 is 1.00 bits per heavy atom. The summed E-state index contributed by atoms with van der Waals surface area (Å²) in [6, 6.07) is 14.9. The molecule has 1 amide bonds. The third-order valence-corrected chi connectivity index (χ3v) is 4.39. The van der Waals surface area contributed by atoms with E-state index < -0.39 is 17.6 Å². The minimum atomic E-state index is -4.47. The Balaban J connectivity index is 1.59. The number of aryl methyl sites for hydroxylation is 1. The van der Waals surface area contributed by atoms with E-state index in [1.807, 2.05) is 0 Å². The number of carbonyl (C=O) groups is 1. The molecule has 0 spiro atoms. The number of hydrogen-bond acceptors (Lipinski definition) is 3. The van der Waals surface area contributed by atoms with Crippen LogP contribution in [0.4, 0.5) is 19.0 Å². The molecule has 152 valence electrons. The van der Waals surface area contributed by atoms with Gasteiger partial charge in [0.15, 0.2) is 0 Å². The van der Waals surface area contributed by atoms with Crippen LogP contribution in [0.1, 0.15) is 21.6 Å². The average molecular weight is 411 g/mol. The Labute approximate surface area is 169 Å². The quantitative estimate of drug-likeness (QED) is 0.532. The molecule has 0 saturated heterocycles. The molecule has 4 aromatic rings. The average Bonchev–Trinajstić information content (AvgIpc) is 3.37. The minimum Gasteiger partial charge on any atom is -0.306 e. The Hall–Kier alpha value is -3.88. The van der Waals surface area contributed by atoms with Crippen LogP contribution in [-0.2, 0) is 6.18 Å². The first kappa shape index (κ1) is 19.4. The number of rotatable bonds is 4. The van der Waals surface area contributed by atoms with E-state index in [1.54, 1.807) is 60.4 Å². The van der Waals surface area contributed by atoms with E-state index in [-0.39, 0.29) is 11.5 Å². The summed E-state index contributed by atoms with van der Waals surface area (Å²) in [5, 5.41) is 11.1. The van der Waals surface area contributed by atoms with E-state index >= 15 is 0 Å². The molecule has 2 heterocycles. The second kappa shape index (κ2) is 7.51. The fourth-order valence-corrected chi connectivity index (χ4v) is 2.97. The van der Waals surface area contributed by atoms with Crippen molar-refractivity contribution in [2.45, 2.75) is 13.1 Å². The zero-order chi connectivity index (χ0) is 21.3. The van der Waals surface area contributed by atoms with Gasteiger partial charge in [-0.25, -0.2) is 9.36 Å². The Morgan fingerprint density at radius 2 is 1.77 bits per heavy atom. The van der Waals surface area contributed by atoms with Crippen molar-refractivity contribution in [2.24, 2.45) is 0 Å². The van der Waals surface area contributed by atoms with Gasteiger partial charge >= 0.3 is 6.18 Å². The Kier molecular flexibility index (Phi) is 4.86. The summed E-state index contributed by atoms with van der Waals surface area (Å²) in [7, 11) is 0. The van der Waals surface area contributed by atoms with Crippen molar-refractivity contribution in [3.05, 3.63) is 89.9 Å². The normalized spacial score (nSPS) is 11.5.